The molecule has 118 valence electrons. The Labute approximate surface area is 139 Å². The molecule has 0 bridgehead atoms. The first-order valence-electron chi connectivity index (χ1n) is 8.80. The second kappa shape index (κ2) is 6.92. The Morgan fingerprint density at radius 2 is 1.87 bits per heavy atom. The number of aromatic amines is 1. The first-order chi connectivity index (χ1) is 11.3. The van der Waals surface area contributed by atoms with Gasteiger partial charge in [-0.15, -0.1) is 6.42 Å². The fourth-order valence-electron chi connectivity index (χ4n) is 3.37. The van der Waals surface area contributed by atoms with E-state index < -0.39 is 0 Å². The van der Waals surface area contributed by atoms with Gasteiger partial charge in [-0.05, 0) is 48.6 Å². The molecule has 0 saturated carbocycles. The lowest BCUT2D eigenvalue weighted by Crippen LogP contribution is -1.90. The Hall–Kier alpha value is -2.20. The number of fused-ring (bicyclic) bond motifs is 3. The molecule has 1 N–H and O–H groups in total. The van der Waals surface area contributed by atoms with Gasteiger partial charge in [0.25, 0.3) is 0 Å². The number of aryl methyl sites for hydroxylation is 2. The predicted molar refractivity (Wildman–Crippen MR) is 101 cm³/mol. The number of hydrogen-bond acceptors (Lipinski definition) is 0. The maximum atomic E-state index is 5.68. The summed E-state index contributed by atoms with van der Waals surface area (Å²) in [7, 11) is 0. The first-order valence-corrected chi connectivity index (χ1v) is 8.80. The zero-order chi connectivity index (χ0) is 16.2. The summed E-state index contributed by atoms with van der Waals surface area (Å²) in [5.74, 6) is 2.82. The third kappa shape index (κ3) is 3.13. The number of terminal acetylenes is 1. The van der Waals surface area contributed by atoms with Crippen LogP contribution in [-0.4, -0.2) is 4.98 Å². The van der Waals surface area contributed by atoms with Gasteiger partial charge in [-0.1, -0.05) is 51.2 Å². The summed E-state index contributed by atoms with van der Waals surface area (Å²) in [6.45, 7) is 4.44. The van der Waals surface area contributed by atoms with E-state index in [1.807, 2.05) is 0 Å². The van der Waals surface area contributed by atoms with Crippen molar-refractivity contribution >= 4 is 21.8 Å². The summed E-state index contributed by atoms with van der Waals surface area (Å²) in [5.41, 5.74) is 6.21. The number of nitrogens with one attached hydrogen (secondary N) is 1. The van der Waals surface area contributed by atoms with Crippen molar-refractivity contribution in [2.75, 3.05) is 0 Å². The van der Waals surface area contributed by atoms with E-state index in [9.17, 15) is 0 Å². The van der Waals surface area contributed by atoms with Crippen LogP contribution in [0.15, 0.2) is 30.3 Å². The van der Waals surface area contributed by atoms with Gasteiger partial charge in [-0.2, -0.15) is 0 Å². The highest BCUT2D eigenvalue weighted by atomic mass is 14.7. The zero-order valence-corrected chi connectivity index (χ0v) is 14.2. The molecule has 0 spiro atoms. The molecule has 0 aliphatic heterocycles. The van der Waals surface area contributed by atoms with Gasteiger partial charge in [0.2, 0.25) is 0 Å². The summed E-state index contributed by atoms with van der Waals surface area (Å²) in [6.07, 6.45) is 12.9. The van der Waals surface area contributed by atoms with Crippen molar-refractivity contribution in [2.24, 2.45) is 0 Å². The molecule has 0 fully saturated rings. The van der Waals surface area contributed by atoms with Crippen LogP contribution in [0, 0.1) is 12.3 Å². The summed E-state index contributed by atoms with van der Waals surface area (Å²) in [5, 5.41) is 2.55. The Morgan fingerprint density at radius 1 is 1.00 bits per heavy atom. The molecule has 1 heteroatoms. The van der Waals surface area contributed by atoms with E-state index in [2.05, 4.69) is 55.1 Å². The second-order valence-corrected chi connectivity index (χ2v) is 6.37. The highest BCUT2D eigenvalue weighted by molar-refractivity contribution is 6.08. The molecule has 2 aromatic carbocycles. The molecule has 0 unspecified atom stereocenters. The quantitative estimate of drug-likeness (QED) is 0.425. The number of rotatable bonds is 6. The third-order valence-corrected chi connectivity index (χ3v) is 4.73. The molecule has 0 amide bonds. The Bertz CT molecular complexity index is 861. The van der Waals surface area contributed by atoms with Gasteiger partial charge < -0.3 is 4.98 Å². The van der Waals surface area contributed by atoms with Crippen molar-refractivity contribution in [3.8, 4) is 12.3 Å². The fraction of sp³-hybridized carbons (Fsp3) is 0.364. The minimum Gasteiger partial charge on any atom is -0.354 e. The van der Waals surface area contributed by atoms with Gasteiger partial charge in [-0.3, -0.25) is 0 Å². The van der Waals surface area contributed by atoms with E-state index in [0.29, 0.717) is 0 Å². The van der Waals surface area contributed by atoms with Gasteiger partial charge in [0.1, 0.15) is 0 Å². The van der Waals surface area contributed by atoms with E-state index in [-0.39, 0.29) is 0 Å². The number of benzene rings is 2. The number of H-pyrrole nitrogens is 1. The molecule has 3 rings (SSSR count). The van der Waals surface area contributed by atoms with Gasteiger partial charge in [-0.25, -0.2) is 0 Å². The molecule has 23 heavy (non-hydrogen) atoms. The van der Waals surface area contributed by atoms with Gasteiger partial charge >= 0.3 is 0 Å². The summed E-state index contributed by atoms with van der Waals surface area (Å²) in [4.78, 5) is 3.64. The molecule has 1 heterocycles. The van der Waals surface area contributed by atoms with Crippen molar-refractivity contribution in [1.82, 2.24) is 4.98 Å². The second-order valence-electron chi connectivity index (χ2n) is 6.37. The van der Waals surface area contributed by atoms with E-state index in [1.165, 1.54) is 58.6 Å². The molecule has 0 saturated heterocycles. The van der Waals surface area contributed by atoms with Crippen molar-refractivity contribution < 1.29 is 0 Å². The molecule has 1 nitrogen and oxygen atoms in total. The molecule has 1 aromatic heterocycles. The van der Waals surface area contributed by atoms with Crippen LogP contribution in [0.5, 0.6) is 0 Å². The molecule has 3 aromatic rings. The predicted octanol–water partition coefficient (Wildman–Crippen LogP) is 5.99. The zero-order valence-electron chi connectivity index (χ0n) is 14.2. The normalized spacial score (nSPS) is 11.2. The van der Waals surface area contributed by atoms with Crippen molar-refractivity contribution in [3.63, 3.8) is 0 Å². The van der Waals surface area contributed by atoms with Crippen LogP contribution in [0.4, 0.5) is 0 Å². The molecular formula is C22H25N. The Morgan fingerprint density at radius 3 is 2.61 bits per heavy atom. The number of unbranched alkanes of at least 4 members (excludes halogenated alkanes) is 3. The molecule has 0 atom stereocenters. The topological polar surface area (TPSA) is 15.8 Å². The minimum absolute atomic E-state index is 0.989. The minimum atomic E-state index is 0.989. The van der Waals surface area contributed by atoms with E-state index in [0.717, 1.165) is 18.4 Å². The Kier molecular flexibility index (Phi) is 4.72. The van der Waals surface area contributed by atoms with E-state index >= 15 is 0 Å². The lowest BCUT2D eigenvalue weighted by atomic mass is 9.99. The number of hydrogen-bond donors (Lipinski definition) is 1. The lowest BCUT2D eigenvalue weighted by Gasteiger charge is -2.05. The molecular weight excluding hydrogens is 278 g/mol. The van der Waals surface area contributed by atoms with Gasteiger partial charge in [0, 0.05) is 27.4 Å². The maximum absolute atomic E-state index is 5.68. The van der Waals surface area contributed by atoms with Gasteiger partial charge in [0.05, 0.1) is 0 Å². The van der Waals surface area contributed by atoms with Crippen LogP contribution in [0.2, 0.25) is 0 Å². The van der Waals surface area contributed by atoms with Crippen LogP contribution >= 0.6 is 0 Å². The average Bonchev–Trinajstić information content (AvgIpc) is 2.96. The van der Waals surface area contributed by atoms with Crippen LogP contribution < -0.4 is 0 Å². The Balaban J connectivity index is 2.09. The van der Waals surface area contributed by atoms with Crippen LogP contribution in [0.25, 0.3) is 21.8 Å². The molecule has 0 aliphatic carbocycles. The smallest absolute Gasteiger partial charge is 0.0498 e. The first kappa shape index (κ1) is 15.7. The largest absolute Gasteiger partial charge is 0.354 e. The lowest BCUT2D eigenvalue weighted by molar-refractivity contribution is 0.668. The van der Waals surface area contributed by atoms with Crippen LogP contribution in [-0.2, 0) is 12.8 Å². The van der Waals surface area contributed by atoms with Crippen LogP contribution in [0.1, 0.15) is 56.2 Å². The highest BCUT2D eigenvalue weighted by Crippen LogP contribution is 2.30. The summed E-state index contributed by atoms with van der Waals surface area (Å²) < 4.78 is 0. The molecule has 0 radical (unpaired) electrons. The third-order valence-electron chi connectivity index (χ3n) is 4.73. The number of aromatic nitrogens is 1. The highest BCUT2D eigenvalue weighted by Gasteiger charge is 2.10. The van der Waals surface area contributed by atoms with Crippen molar-refractivity contribution in [2.45, 2.75) is 52.4 Å². The maximum Gasteiger partial charge on any atom is 0.0498 e. The summed E-state index contributed by atoms with van der Waals surface area (Å²) >= 11 is 0. The van der Waals surface area contributed by atoms with Crippen molar-refractivity contribution in [3.05, 3.63) is 47.0 Å². The summed E-state index contributed by atoms with van der Waals surface area (Å²) in [6, 6.07) is 11.1. The van der Waals surface area contributed by atoms with Gasteiger partial charge in [0.15, 0.2) is 0 Å². The monoisotopic (exact) mass is 303 g/mol. The molecule has 0 aliphatic rings. The van der Waals surface area contributed by atoms with Crippen LogP contribution in [0.3, 0.4) is 0 Å². The van der Waals surface area contributed by atoms with E-state index in [1.54, 1.807) is 0 Å². The fourth-order valence-corrected chi connectivity index (χ4v) is 3.37. The average molecular weight is 303 g/mol. The SMILES string of the molecule is C#Cc1cc(CCCCCC)c2[nH]c3cc(CC)ccc3c2c1. The van der Waals surface area contributed by atoms with E-state index in [4.69, 9.17) is 6.42 Å². The standard InChI is InChI=1S/C22H25N/c1-4-7-8-9-10-18-13-17(6-3)14-20-19-12-11-16(5-2)15-21(19)23-22(18)20/h3,11-15,23H,4-5,7-10H2,1-2H3. The van der Waals surface area contributed by atoms with Crippen molar-refractivity contribution in [1.29, 1.82) is 0 Å².